The van der Waals surface area contributed by atoms with Crippen molar-refractivity contribution in [3.63, 3.8) is 0 Å². The molecule has 7 heteroatoms. The van der Waals surface area contributed by atoms with Crippen LogP contribution in [0.3, 0.4) is 0 Å². The van der Waals surface area contributed by atoms with Crippen molar-refractivity contribution in [2.24, 2.45) is 5.92 Å². The van der Waals surface area contributed by atoms with Gasteiger partial charge in [0, 0.05) is 18.2 Å². The van der Waals surface area contributed by atoms with Gasteiger partial charge >= 0.3 is 0 Å². The average Bonchev–Trinajstić information content (AvgIpc) is 3.19. The van der Waals surface area contributed by atoms with Crippen molar-refractivity contribution < 1.29 is 28.4 Å². The molecular formula is C33H40O6Si. The zero-order valence-electron chi connectivity index (χ0n) is 25.2. The topological polar surface area (TPSA) is 55.4 Å². The van der Waals surface area contributed by atoms with Gasteiger partial charge in [0.2, 0.25) is 0 Å². The van der Waals surface area contributed by atoms with E-state index < -0.39 is 8.07 Å². The zero-order chi connectivity index (χ0) is 29.2. The minimum absolute atomic E-state index is 0.178. The number of ether oxygens (including phenoxy) is 6. The third-order valence-corrected chi connectivity index (χ3v) is 13.8. The molecule has 0 saturated carbocycles. The molecule has 0 bridgehead atoms. The standard InChI is InChI=1S/C33H40O6Si/c1-20-21(2)23(4)33(22(20)3)40(30-14-11-24(34-5)17-27(30)37-8,31-15-12-25(35-6)18-28(31)38-9)32-16-13-26(36-7)19-29(32)39-10/h11-19,22H,1-10H3. The second-order valence-electron chi connectivity index (χ2n) is 10.0. The lowest BCUT2D eigenvalue weighted by Gasteiger charge is -2.40. The smallest absolute Gasteiger partial charge is 0.189 e. The first-order valence-electron chi connectivity index (χ1n) is 13.3. The molecule has 0 fully saturated rings. The summed E-state index contributed by atoms with van der Waals surface area (Å²) in [6, 6.07) is 18.4. The molecule has 0 spiro atoms. The Hall–Kier alpha value is -3.84. The number of rotatable bonds is 10. The highest BCUT2D eigenvalue weighted by molar-refractivity contribution is 7.17. The highest BCUT2D eigenvalue weighted by Gasteiger charge is 2.52. The van der Waals surface area contributed by atoms with Crippen molar-refractivity contribution in [1.29, 1.82) is 0 Å². The van der Waals surface area contributed by atoms with Gasteiger partial charge in [-0.05, 0) is 66.0 Å². The lowest BCUT2D eigenvalue weighted by molar-refractivity contribution is 0.395. The van der Waals surface area contributed by atoms with Crippen LogP contribution < -0.4 is 44.0 Å². The number of hydrogen-bond donors (Lipinski definition) is 0. The van der Waals surface area contributed by atoms with Crippen LogP contribution in [-0.4, -0.2) is 50.7 Å². The molecule has 0 saturated heterocycles. The van der Waals surface area contributed by atoms with Gasteiger partial charge in [-0.3, -0.25) is 0 Å². The highest BCUT2D eigenvalue weighted by atomic mass is 28.3. The first kappa shape index (κ1) is 29.1. The zero-order valence-corrected chi connectivity index (χ0v) is 26.2. The summed E-state index contributed by atoms with van der Waals surface area (Å²) in [6.45, 7) is 8.99. The molecule has 212 valence electrons. The van der Waals surface area contributed by atoms with Crippen LogP contribution in [-0.2, 0) is 0 Å². The largest absolute Gasteiger partial charge is 0.497 e. The lowest BCUT2D eigenvalue weighted by atomic mass is 10.1. The summed E-state index contributed by atoms with van der Waals surface area (Å²) in [7, 11) is 6.92. The molecule has 40 heavy (non-hydrogen) atoms. The maximum Gasteiger partial charge on any atom is 0.189 e. The van der Waals surface area contributed by atoms with Crippen molar-refractivity contribution in [1.82, 2.24) is 0 Å². The molecule has 0 aliphatic heterocycles. The van der Waals surface area contributed by atoms with Gasteiger partial charge in [0.1, 0.15) is 34.5 Å². The predicted molar refractivity (Wildman–Crippen MR) is 164 cm³/mol. The highest BCUT2D eigenvalue weighted by Crippen LogP contribution is 2.44. The van der Waals surface area contributed by atoms with Crippen molar-refractivity contribution in [2.75, 3.05) is 42.7 Å². The maximum atomic E-state index is 6.14. The summed E-state index contributed by atoms with van der Waals surface area (Å²) in [5.74, 6) is 4.59. The quantitative estimate of drug-likeness (QED) is 0.256. The molecule has 3 aromatic rings. The van der Waals surface area contributed by atoms with E-state index in [0.717, 1.165) is 50.1 Å². The van der Waals surface area contributed by atoms with Crippen LogP contribution in [0.15, 0.2) is 76.5 Å². The first-order chi connectivity index (χ1) is 19.2. The second kappa shape index (κ2) is 11.7. The molecule has 0 heterocycles. The van der Waals surface area contributed by atoms with E-state index in [1.54, 1.807) is 42.7 Å². The van der Waals surface area contributed by atoms with E-state index in [0.29, 0.717) is 0 Å². The van der Waals surface area contributed by atoms with E-state index in [9.17, 15) is 0 Å². The summed E-state index contributed by atoms with van der Waals surface area (Å²) >= 11 is 0. The van der Waals surface area contributed by atoms with Gasteiger partial charge in [0.25, 0.3) is 0 Å². The van der Waals surface area contributed by atoms with Crippen molar-refractivity contribution in [3.8, 4) is 34.5 Å². The fourth-order valence-corrected chi connectivity index (χ4v) is 12.2. The van der Waals surface area contributed by atoms with Crippen LogP contribution in [0.4, 0.5) is 0 Å². The second-order valence-corrected chi connectivity index (χ2v) is 13.7. The van der Waals surface area contributed by atoms with E-state index in [1.165, 1.54) is 21.9 Å². The molecule has 0 amide bonds. The Bertz CT molecular complexity index is 1340. The Labute approximate surface area is 239 Å². The molecule has 1 atom stereocenters. The van der Waals surface area contributed by atoms with Crippen LogP contribution in [0.25, 0.3) is 0 Å². The van der Waals surface area contributed by atoms with Gasteiger partial charge in [0.15, 0.2) is 8.07 Å². The Morgan fingerprint density at radius 1 is 0.500 bits per heavy atom. The summed E-state index contributed by atoms with van der Waals surface area (Å²) < 4.78 is 35.3. The summed E-state index contributed by atoms with van der Waals surface area (Å²) in [6.07, 6.45) is 0. The number of allylic oxidation sites excluding steroid dienone is 4. The van der Waals surface area contributed by atoms with Gasteiger partial charge in [-0.2, -0.15) is 0 Å². The van der Waals surface area contributed by atoms with E-state index >= 15 is 0 Å². The third kappa shape index (κ3) is 4.52. The number of hydrogen-bond acceptors (Lipinski definition) is 6. The molecular weight excluding hydrogens is 520 g/mol. The summed E-state index contributed by atoms with van der Waals surface area (Å²) in [5.41, 5.74) is 3.95. The van der Waals surface area contributed by atoms with E-state index in [2.05, 4.69) is 45.9 Å². The van der Waals surface area contributed by atoms with Crippen LogP contribution in [0.1, 0.15) is 27.7 Å². The minimum Gasteiger partial charge on any atom is -0.497 e. The average molecular weight is 561 g/mol. The minimum atomic E-state index is -3.21. The molecule has 3 aromatic carbocycles. The molecule has 4 rings (SSSR count). The van der Waals surface area contributed by atoms with Crippen molar-refractivity contribution >= 4 is 23.6 Å². The van der Waals surface area contributed by atoms with Crippen LogP contribution >= 0.6 is 0 Å². The maximum absolute atomic E-state index is 6.14. The number of benzene rings is 3. The Balaban J connectivity index is 2.32. The Kier molecular flexibility index (Phi) is 8.54. The van der Waals surface area contributed by atoms with Crippen molar-refractivity contribution in [3.05, 3.63) is 76.5 Å². The molecule has 1 aliphatic rings. The molecule has 1 aliphatic carbocycles. The fraction of sp³-hybridized carbons (Fsp3) is 0.333. The van der Waals surface area contributed by atoms with Crippen LogP contribution in [0, 0.1) is 5.92 Å². The van der Waals surface area contributed by atoms with Crippen LogP contribution in [0.2, 0.25) is 0 Å². The molecule has 0 aromatic heterocycles. The predicted octanol–water partition coefficient (Wildman–Crippen LogP) is 5.05. The Morgan fingerprint density at radius 2 is 0.850 bits per heavy atom. The van der Waals surface area contributed by atoms with Crippen molar-refractivity contribution in [2.45, 2.75) is 27.7 Å². The van der Waals surface area contributed by atoms with E-state index in [4.69, 9.17) is 28.4 Å². The summed E-state index contributed by atoms with van der Waals surface area (Å²) in [4.78, 5) is 0. The van der Waals surface area contributed by atoms with Gasteiger partial charge in [-0.25, -0.2) is 0 Å². The van der Waals surface area contributed by atoms with Gasteiger partial charge in [-0.15, -0.1) is 0 Å². The number of methoxy groups -OCH3 is 6. The lowest BCUT2D eigenvalue weighted by Crippen LogP contribution is -2.70. The fourth-order valence-electron chi connectivity index (χ4n) is 6.17. The first-order valence-corrected chi connectivity index (χ1v) is 15.3. The third-order valence-electron chi connectivity index (χ3n) is 8.48. The van der Waals surface area contributed by atoms with E-state index in [-0.39, 0.29) is 5.92 Å². The van der Waals surface area contributed by atoms with Crippen LogP contribution in [0.5, 0.6) is 34.5 Å². The Morgan fingerprint density at radius 3 is 1.10 bits per heavy atom. The van der Waals surface area contributed by atoms with Gasteiger partial charge in [-0.1, -0.05) is 41.5 Å². The SMILES string of the molecule is COc1ccc([Si](C2=C(C)C(C)=C(C)C2C)(c2ccc(OC)cc2OC)c2ccc(OC)cc2OC)c(OC)c1. The van der Waals surface area contributed by atoms with E-state index in [1.807, 2.05) is 36.4 Å². The molecule has 0 N–H and O–H groups in total. The molecule has 0 radical (unpaired) electrons. The monoisotopic (exact) mass is 560 g/mol. The summed E-state index contributed by atoms with van der Waals surface area (Å²) in [5, 5.41) is 4.59. The normalized spacial score (nSPS) is 15.3. The van der Waals surface area contributed by atoms with Gasteiger partial charge < -0.3 is 28.4 Å². The molecule has 1 unspecified atom stereocenters. The molecule has 6 nitrogen and oxygen atoms in total. The van der Waals surface area contributed by atoms with Gasteiger partial charge in [0.05, 0.1) is 42.7 Å².